The van der Waals surface area contributed by atoms with Crippen molar-refractivity contribution in [2.75, 3.05) is 38.9 Å². The van der Waals surface area contributed by atoms with Gasteiger partial charge in [0.05, 0.1) is 26.4 Å². The lowest BCUT2D eigenvalue weighted by Crippen LogP contribution is -2.06. The monoisotopic (exact) mass is 1130 g/mol. The highest BCUT2D eigenvalue weighted by Crippen LogP contribution is 2.38. The molecule has 0 heterocycles. The van der Waals surface area contributed by atoms with E-state index < -0.39 is 0 Å². The average Bonchev–Trinajstić information content (AvgIpc) is 3.74. The van der Waals surface area contributed by atoms with Crippen LogP contribution in [-0.4, -0.2) is 44.0 Å². The lowest BCUT2D eigenvalue weighted by Gasteiger charge is -2.18. The normalized spacial score (nSPS) is 11.5. The van der Waals surface area contributed by atoms with Gasteiger partial charge in [0.1, 0.15) is 49.4 Å². The molecule has 0 radical (unpaired) electrons. The van der Waals surface area contributed by atoms with E-state index in [-0.39, 0.29) is 6.61 Å². The maximum atomic E-state index is 10.0. The molecule has 8 heteroatoms. The third-order valence-corrected chi connectivity index (χ3v) is 14.0. The van der Waals surface area contributed by atoms with E-state index >= 15 is 0 Å². The van der Waals surface area contributed by atoms with Gasteiger partial charge in [0.2, 0.25) is 0 Å². The van der Waals surface area contributed by atoms with E-state index in [1.165, 1.54) is 5.57 Å². The number of aliphatic hydroxyl groups is 1. The number of hydrogen-bond donors (Lipinski definition) is 1. The molecule has 0 spiro atoms. The smallest absolute Gasteiger partial charge is 0.119 e. The van der Waals surface area contributed by atoms with Crippen molar-refractivity contribution in [2.24, 2.45) is 0 Å². The molecule has 10 aromatic carbocycles. The van der Waals surface area contributed by atoms with Crippen LogP contribution >= 0.6 is 11.6 Å². The van der Waals surface area contributed by atoms with Crippen molar-refractivity contribution >= 4 is 33.9 Å². The van der Waals surface area contributed by atoms with E-state index in [4.69, 9.17) is 40.0 Å². The molecule has 424 valence electrons. The van der Waals surface area contributed by atoms with Gasteiger partial charge < -0.3 is 33.5 Å². The number of ether oxygens (including phenoxy) is 6. The maximum Gasteiger partial charge on any atom is 0.119 e. The molecule has 0 aromatic heterocycles. The summed E-state index contributed by atoms with van der Waals surface area (Å²) in [6.07, 6.45) is 1.27. The molecule has 0 saturated carbocycles. The van der Waals surface area contributed by atoms with Gasteiger partial charge in [-0.2, -0.15) is 0 Å². The first-order valence-electron chi connectivity index (χ1n) is 28.6. The highest BCUT2D eigenvalue weighted by atomic mass is 35.5. The first-order chi connectivity index (χ1) is 41.6. The summed E-state index contributed by atoms with van der Waals surface area (Å²) in [5.74, 6) is 3.76. The van der Waals surface area contributed by atoms with Gasteiger partial charge in [-0.3, -0.25) is 0 Å². The predicted octanol–water partition coefficient (Wildman–Crippen LogP) is 17.7. The van der Waals surface area contributed by atoms with Gasteiger partial charge in [-0.05, 0) is 139 Å². The molecule has 0 amide bonds. The van der Waals surface area contributed by atoms with E-state index in [2.05, 4.69) is 133 Å². The second-order valence-electron chi connectivity index (χ2n) is 19.8. The molecular formula is C76H71ClO7. The molecule has 0 aliphatic carbocycles. The molecule has 0 atom stereocenters. The van der Waals surface area contributed by atoms with E-state index in [0.29, 0.717) is 65.2 Å². The summed E-state index contributed by atoms with van der Waals surface area (Å²) in [4.78, 5) is 0. The molecule has 0 saturated heterocycles. The highest BCUT2D eigenvalue weighted by molar-refractivity contribution is 6.18. The Morgan fingerprint density at radius 3 is 0.845 bits per heavy atom. The summed E-state index contributed by atoms with van der Waals surface area (Å²) in [7, 11) is 0. The van der Waals surface area contributed by atoms with Gasteiger partial charge >= 0.3 is 0 Å². The second kappa shape index (κ2) is 33.2. The van der Waals surface area contributed by atoms with Gasteiger partial charge in [0.15, 0.2) is 0 Å². The summed E-state index contributed by atoms with van der Waals surface area (Å²) in [5, 5.41) is 10.0. The fourth-order valence-electron chi connectivity index (χ4n) is 9.66. The average molecular weight is 1130 g/mol. The van der Waals surface area contributed by atoms with Crippen molar-refractivity contribution in [3.05, 3.63) is 335 Å². The Morgan fingerprint density at radius 2 is 0.548 bits per heavy atom. The number of alkyl halides is 1. The van der Waals surface area contributed by atoms with Crippen LogP contribution in [-0.2, 0) is 35.9 Å². The summed E-state index contributed by atoms with van der Waals surface area (Å²) in [6, 6.07) is 94.3. The highest BCUT2D eigenvalue weighted by Gasteiger charge is 2.17. The molecule has 0 aliphatic rings. The van der Waals surface area contributed by atoms with Crippen LogP contribution in [0.4, 0.5) is 0 Å². The third kappa shape index (κ3) is 18.5. The molecule has 0 fully saturated rings. The Bertz CT molecular complexity index is 3270. The fraction of sp³-hybridized carbons (Fsp3) is 0.158. The van der Waals surface area contributed by atoms with E-state index in [0.717, 1.165) is 102 Å². The first kappa shape index (κ1) is 59.7. The predicted molar refractivity (Wildman–Crippen MR) is 342 cm³/mol. The molecular weight excluding hydrogens is 1060 g/mol. The standard InChI is InChI=1S/C38H35ClO3.C38H36O4/c2*39-25-24-37(32-14-8-3-9-15-32)38(34-18-22-36(23-19-34)42-29-31-12-6-2-7-13-31)33-16-20-35(21-17-33)41-27-26-40-28-30-10-4-1-5-11-30/h1-23H,24-29H2;1-23,39H,24-29H2. The Hall–Kier alpha value is -8.95. The number of aliphatic hydroxyl groups excluding tert-OH is 1. The molecule has 7 nitrogen and oxygen atoms in total. The summed E-state index contributed by atoms with van der Waals surface area (Å²) >= 11 is 6.35. The third-order valence-electron chi connectivity index (χ3n) is 13.8. The fourth-order valence-corrected chi connectivity index (χ4v) is 9.85. The van der Waals surface area contributed by atoms with Crippen LogP contribution in [0.5, 0.6) is 23.0 Å². The minimum absolute atomic E-state index is 0.0518. The number of hydrogen-bond acceptors (Lipinski definition) is 7. The van der Waals surface area contributed by atoms with Gasteiger partial charge in [-0.1, -0.05) is 231 Å². The zero-order chi connectivity index (χ0) is 57.6. The first-order valence-corrected chi connectivity index (χ1v) is 29.1. The van der Waals surface area contributed by atoms with Crippen molar-refractivity contribution in [2.45, 2.75) is 39.3 Å². The van der Waals surface area contributed by atoms with Crippen LogP contribution in [0.1, 0.15) is 68.5 Å². The summed E-state index contributed by atoms with van der Waals surface area (Å²) in [5.41, 5.74) is 15.6. The topological polar surface area (TPSA) is 75.6 Å². The van der Waals surface area contributed by atoms with Gasteiger partial charge in [0, 0.05) is 12.5 Å². The van der Waals surface area contributed by atoms with Gasteiger partial charge in [0.25, 0.3) is 0 Å². The van der Waals surface area contributed by atoms with Crippen LogP contribution < -0.4 is 18.9 Å². The van der Waals surface area contributed by atoms with E-state index in [1.807, 2.05) is 146 Å². The lowest BCUT2D eigenvalue weighted by atomic mass is 9.88. The zero-order valence-electron chi connectivity index (χ0n) is 47.3. The molecule has 84 heavy (non-hydrogen) atoms. The Labute approximate surface area is 500 Å². The van der Waals surface area contributed by atoms with Crippen LogP contribution in [0.25, 0.3) is 22.3 Å². The van der Waals surface area contributed by atoms with Crippen molar-refractivity contribution in [3.63, 3.8) is 0 Å². The zero-order valence-corrected chi connectivity index (χ0v) is 48.1. The van der Waals surface area contributed by atoms with Crippen LogP contribution in [0, 0.1) is 0 Å². The quantitative estimate of drug-likeness (QED) is 0.0297. The maximum absolute atomic E-state index is 10.0. The molecule has 0 aliphatic heterocycles. The SMILES string of the molecule is ClCCC(=C(c1ccc(OCCOCc2ccccc2)cc1)c1ccc(OCc2ccccc2)cc1)c1ccccc1.OCCC(=C(c1ccc(OCCOCc2ccccc2)cc1)c1ccc(OCc2ccccc2)cc1)c1ccccc1. The Kier molecular flexibility index (Phi) is 23.6. The molecule has 1 N–H and O–H groups in total. The number of allylic oxidation sites excluding steroid dienone is 1. The second-order valence-corrected chi connectivity index (χ2v) is 20.1. The number of benzene rings is 10. The molecule has 10 aromatic rings. The molecule has 10 rings (SSSR count). The van der Waals surface area contributed by atoms with Crippen molar-refractivity contribution in [1.82, 2.24) is 0 Å². The Balaban J connectivity index is 0.000000202. The number of rotatable bonds is 28. The van der Waals surface area contributed by atoms with Crippen LogP contribution in [0.15, 0.2) is 279 Å². The van der Waals surface area contributed by atoms with E-state index in [1.54, 1.807) is 0 Å². The van der Waals surface area contributed by atoms with Crippen LogP contribution in [0.2, 0.25) is 0 Å². The van der Waals surface area contributed by atoms with Crippen LogP contribution in [0.3, 0.4) is 0 Å². The minimum Gasteiger partial charge on any atom is -0.491 e. The minimum atomic E-state index is 0.0518. The Morgan fingerprint density at radius 1 is 0.274 bits per heavy atom. The van der Waals surface area contributed by atoms with Crippen molar-refractivity contribution < 1.29 is 33.5 Å². The molecule has 0 bridgehead atoms. The largest absolute Gasteiger partial charge is 0.491 e. The summed E-state index contributed by atoms with van der Waals surface area (Å²) < 4.78 is 35.6. The lowest BCUT2D eigenvalue weighted by molar-refractivity contribution is 0.0889. The molecule has 0 unspecified atom stereocenters. The van der Waals surface area contributed by atoms with Crippen molar-refractivity contribution in [1.29, 1.82) is 0 Å². The summed E-state index contributed by atoms with van der Waals surface area (Å²) in [6.45, 7) is 4.24. The van der Waals surface area contributed by atoms with E-state index in [9.17, 15) is 5.11 Å². The van der Waals surface area contributed by atoms with Gasteiger partial charge in [-0.15, -0.1) is 11.6 Å². The number of halogens is 1. The van der Waals surface area contributed by atoms with Gasteiger partial charge in [-0.25, -0.2) is 0 Å². The van der Waals surface area contributed by atoms with Crippen molar-refractivity contribution in [3.8, 4) is 23.0 Å².